The van der Waals surface area contributed by atoms with E-state index in [0.717, 1.165) is 0 Å². The number of aromatic nitrogens is 2. The lowest BCUT2D eigenvalue weighted by Crippen LogP contribution is -2.52. The number of hydrogen-bond donors (Lipinski definition) is 1. The molecule has 2 aromatic rings. The molecule has 20 heavy (non-hydrogen) atoms. The maximum absolute atomic E-state index is 11.6. The van der Waals surface area contributed by atoms with Crippen molar-refractivity contribution in [3.05, 3.63) is 36.9 Å². The first kappa shape index (κ1) is 12.5. The average molecular weight is 274 g/mol. The third kappa shape index (κ3) is 2.29. The molecule has 1 N–H and O–H groups in total. The van der Waals surface area contributed by atoms with Crippen molar-refractivity contribution >= 4 is 6.03 Å². The van der Waals surface area contributed by atoms with Crippen molar-refractivity contribution in [2.45, 2.75) is 5.92 Å². The van der Waals surface area contributed by atoms with Gasteiger partial charge in [-0.1, -0.05) is 11.2 Å². The van der Waals surface area contributed by atoms with Gasteiger partial charge in [0.2, 0.25) is 11.7 Å². The number of urea groups is 1. The first-order chi connectivity index (χ1) is 9.78. The Balaban J connectivity index is 1.58. The second-order valence-electron chi connectivity index (χ2n) is 4.51. The summed E-state index contributed by atoms with van der Waals surface area (Å²) >= 11 is 0. The maximum Gasteiger partial charge on any atom is 0.317 e. The van der Waals surface area contributed by atoms with Gasteiger partial charge in [-0.25, -0.2) is 4.79 Å². The fraction of sp³-hybridized carbons (Fsp3) is 0.308. The quantitative estimate of drug-likeness (QED) is 0.856. The van der Waals surface area contributed by atoms with Crippen LogP contribution >= 0.6 is 0 Å². The van der Waals surface area contributed by atoms with Crippen LogP contribution in [0.2, 0.25) is 0 Å². The Kier molecular flexibility index (Phi) is 3.24. The van der Waals surface area contributed by atoms with Gasteiger partial charge in [0.25, 0.3) is 0 Å². The van der Waals surface area contributed by atoms with Gasteiger partial charge in [-0.15, -0.1) is 6.58 Å². The van der Waals surface area contributed by atoms with Gasteiger partial charge in [0, 0.05) is 19.6 Å². The molecule has 0 aromatic carbocycles. The lowest BCUT2D eigenvalue weighted by Gasteiger charge is -2.36. The van der Waals surface area contributed by atoms with Crippen LogP contribution < -0.4 is 5.32 Å². The summed E-state index contributed by atoms with van der Waals surface area (Å²) in [7, 11) is 0. The molecule has 0 spiro atoms. The number of rotatable bonds is 4. The average Bonchev–Trinajstić information content (AvgIpc) is 3.04. The third-order valence-corrected chi connectivity index (χ3v) is 3.10. The number of carbonyl (C=O) groups is 1. The second-order valence-corrected chi connectivity index (χ2v) is 4.51. The van der Waals surface area contributed by atoms with E-state index < -0.39 is 0 Å². The summed E-state index contributed by atoms with van der Waals surface area (Å²) in [6.07, 6.45) is 3.20. The highest BCUT2D eigenvalue weighted by molar-refractivity contribution is 5.75. The molecule has 0 saturated carbocycles. The molecule has 0 radical (unpaired) electrons. The van der Waals surface area contributed by atoms with Gasteiger partial charge in [0.15, 0.2) is 5.76 Å². The molecule has 3 heterocycles. The van der Waals surface area contributed by atoms with E-state index in [1.807, 2.05) is 0 Å². The molecule has 2 aromatic heterocycles. The molecule has 0 aliphatic carbocycles. The fourth-order valence-electron chi connectivity index (χ4n) is 1.98. The zero-order chi connectivity index (χ0) is 13.9. The van der Waals surface area contributed by atoms with Crippen molar-refractivity contribution in [2.75, 3.05) is 19.6 Å². The summed E-state index contributed by atoms with van der Waals surface area (Å²) in [5.74, 6) is 1.62. The number of nitrogens with one attached hydrogen (secondary N) is 1. The predicted molar refractivity (Wildman–Crippen MR) is 69.9 cm³/mol. The standard InChI is InChI=1S/C13H14N4O3/c1-2-5-14-13(18)17-7-9(8-17)12-15-11(16-20-12)10-4-3-6-19-10/h2-4,6,9H,1,5,7-8H2,(H,14,18). The summed E-state index contributed by atoms with van der Waals surface area (Å²) in [6, 6.07) is 3.43. The maximum atomic E-state index is 11.6. The minimum atomic E-state index is -0.105. The van der Waals surface area contributed by atoms with Crippen molar-refractivity contribution in [2.24, 2.45) is 0 Å². The van der Waals surface area contributed by atoms with Crippen molar-refractivity contribution < 1.29 is 13.7 Å². The molecule has 0 bridgehead atoms. The lowest BCUT2D eigenvalue weighted by molar-refractivity contribution is 0.137. The molecular weight excluding hydrogens is 260 g/mol. The summed E-state index contributed by atoms with van der Waals surface area (Å²) < 4.78 is 10.4. The number of hydrogen-bond acceptors (Lipinski definition) is 5. The van der Waals surface area contributed by atoms with Crippen molar-refractivity contribution in [1.29, 1.82) is 0 Å². The first-order valence-corrected chi connectivity index (χ1v) is 6.29. The van der Waals surface area contributed by atoms with Crippen LogP contribution in [0.4, 0.5) is 4.79 Å². The zero-order valence-corrected chi connectivity index (χ0v) is 10.8. The van der Waals surface area contributed by atoms with Gasteiger partial charge < -0.3 is 19.2 Å². The highest BCUT2D eigenvalue weighted by Crippen LogP contribution is 2.27. The number of likely N-dealkylation sites (tertiary alicyclic amines) is 1. The number of nitrogens with zero attached hydrogens (tertiary/aromatic N) is 3. The van der Waals surface area contributed by atoms with Crippen LogP contribution in [0.15, 0.2) is 40.0 Å². The first-order valence-electron chi connectivity index (χ1n) is 6.29. The minimum absolute atomic E-state index is 0.0840. The third-order valence-electron chi connectivity index (χ3n) is 3.10. The molecule has 104 valence electrons. The molecule has 0 atom stereocenters. The van der Waals surface area contributed by atoms with E-state index in [2.05, 4.69) is 22.0 Å². The Labute approximate surface area is 115 Å². The van der Waals surface area contributed by atoms with Gasteiger partial charge in [0.05, 0.1) is 12.2 Å². The van der Waals surface area contributed by atoms with Crippen molar-refractivity contribution in [3.8, 4) is 11.6 Å². The monoisotopic (exact) mass is 274 g/mol. The summed E-state index contributed by atoms with van der Waals surface area (Å²) in [4.78, 5) is 17.6. The molecule has 3 rings (SSSR count). The molecule has 0 unspecified atom stereocenters. The summed E-state index contributed by atoms with van der Waals surface area (Å²) in [5, 5.41) is 6.59. The molecule has 1 aliphatic rings. The van der Waals surface area contributed by atoms with Crippen molar-refractivity contribution in [1.82, 2.24) is 20.4 Å². The SMILES string of the molecule is C=CCNC(=O)N1CC(c2nc(-c3ccco3)no2)C1. The van der Waals surface area contributed by atoms with Gasteiger partial charge in [0.1, 0.15) is 0 Å². The Morgan fingerprint density at radius 2 is 2.45 bits per heavy atom. The van der Waals surface area contributed by atoms with Gasteiger partial charge in [-0.2, -0.15) is 4.98 Å². The van der Waals surface area contributed by atoms with E-state index in [0.29, 0.717) is 37.1 Å². The van der Waals surface area contributed by atoms with Crippen LogP contribution in [0.5, 0.6) is 0 Å². The fourth-order valence-corrected chi connectivity index (χ4v) is 1.98. The molecule has 2 amide bonds. The smallest absolute Gasteiger partial charge is 0.317 e. The van der Waals surface area contributed by atoms with Crippen LogP contribution in [-0.2, 0) is 0 Å². The van der Waals surface area contributed by atoms with E-state index >= 15 is 0 Å². The van der Waals surface area contributed by atoms with Gasteiger partial charge in [-0.05, 0) is 12.1 Å². The molecule has 7 heteroatoms. The van der Waals surface area contributed by atoms with Crippen molar-refractivity contribution in [3.63, 3.8) is 0 Å². The predicted octanol–water partition coefficient (Wildman–Crippen LogP) is 1.62. The van der Waals surface area contributed by atoms with Crippen LogP contribution in [-0.4, -0.2) is 40.7 Å². The molecule has 1 fully saturated rings. The van der Waals surface area contributed by atoms with Gasteiger partial charge in [-0.3, -0.25) is 0 Å². The summed E-state index contributed by atoms with van der Waals surface area (Å²) in [5.41, 5.74) is 0. The Bertz CT molecular complexity index is 599. The summed E-state index contributed by atoms with van der Waals surface area (Å²) in [6.45, 7) is 5.16. The Morgan fingerprint density at radius 3 is 3.15 bits per heavy atom. The van der Waals surface area contributed by atoms with Crippen LogP contribution in [0.3, 0.4) is 0 Å². The minimum Gasteiger partial charge on any atom is -0.461 e. The lowest BCUT2D eigenvalue weighted by atomic mass is 10.0. The second kappa shape index (κ2) is 5.20. The molecular formula is C13H14N4O3. The van der Waals surface area contributed by atoms with E-state index in [-0.39, 0.29) is 11.9 Å². The molecule has 1 aliphatic heterocycles. The highest BCUT2D eigenvalue weighted by Gasteiger charge is 2.35. The van der Waals surface area contributed by atoms with Crippen LogP contribution in [0, 0.1) is 0 Å². The van der Waals surface area contributed by atoms with E-state index in [4.69, 9.17) is 8.94 Å². The van der Waals surface area contributed by atoms with E-state index in [9.17, 15) is 4.79 Å². The number of amides is 2. The zero-order valence-electron chi connectivity index (χ0n) is 10.8. The van der Waals surface area contributed by atoms with E-state index in [1.54, 1.807) is 29.4 Å². The van der Waals surface area contributed by atoms with Crippen LogP contribution in [0.1, 0.15) is 11.8 Å². The Hall–Kier alpha value is -2.57. The topological polar surface area (TPSA) is 84.4 Å². The largest absolute Gasteiger partial charge is 0.461 e. The Morgan fingerprint density at radius 1 is 1.60 bits per heavy atom. The van der Waals surface area contributed by atoms with Crippen LogP contribution in [0.25, 0.3) is 11.6 Å². The van der Waals surface area contributed by atoms with Gasteiger partial charge >= 0.3 is 6.03 Å². The van der Waals surface area contributed by atoms with E-state index in [1.165, 1.54) is 0 Å². The molecule has 7 nitrogen and oxygen atoms in total. The number of carbonyl (C=O) groups excluding carboxylic acids is 1. The normalized spacial score (nSPS) is 14.9. The number of furan rings is 1. The molecule has 1 saturated heterocycles. The highest BCUT2D eigenvalue weighted by atomic mass is 16.5.